The fourth-order valence-corrected chi connectivity index (χ4v) is 2.39. The highest BCUT2D eigenvalue weighted by atomic mass is 79.9. The van der Waals surface area contributed by atoms with Gasteiger partial charge in [-0.25, -0.2) is 0 Å². The summed E-state index contributed by atoms with van der Waals surface area (Å²) in [7, 11) is 0. The van der Waals surface area contributed by atoms with Crippen LogP contribution in [0.1, 0.15) is 24.3 Å². The third-order valence-corrected chi connectivity index (χ3v) is 4.61. The lowest BCUT2D eigenvalue weighted by molar-refractivity contribution is 0.446. The van der Waals surface area contributed by atoms with Gasteiger partial charge in [0.2, 0.25) is 0 Å². The van der Waals surface area contributed by atoms with Crippen molar-refractivity contribution < 1.29 is 4.42 Å². The number of furan rings is 1. The Bertz CT molecular complexity index is 505. The number of hydrogen-bond donors (Lipinski definition) is 1. The van der Waals surface area contributed by atoms with Crippen LogP contribution >= 0.6 is 43.5 Å². The highest BCUT2D eigenvalue weighted by Crippen LogP contribution is 2.27. The molecule has 0 unspecified atom stereocenters. The molecule has 1 N–H and O–H groups in total. The van der Waals surface area contributed by atoms with Crippen LogP contribution in [0.15, 0.2) is 43.9 Å². The second-order valence-electron chi connectivity index (χ2n) is 3.99. The van der Waals surface area contributed by atoms with Crippen molar-refractivity contribution in [3.05, 3.63) is 55.8 Å². The molecule has 0 aliphatic rings. The van der Waals surface area contributed by atoms with Crippen LogP contribution in [0.5, 0.6) is 0 Å². The van der Waals surface area contributed by atoms with E-state index >= 15 is 0 Å². The van der Waals surface area contributed by atoms with Crippen LogP contribution in [0.2, 0.25) is 5.02 Å². The second-order valence-corrected chi connectivity index (χ2v) is 6.00. The summed E-state index contributed by atoms with van der Waals surface area (Å²) < 4.78 is 7.16. The van der Waals surface area contributed by atoms with Gasteiger partial charge in [-0.15, -0.1) is 0 Å². The molecule has 0 aliphatic carbocycles. The largest absolute Gasteiger partial charge is 0.452 e. The molecule has 0 spiro atoms. The van der Waals surface area contributed by atoms with E-state index in [1.54, 1.807) is 0 Å². The van der Waals surface area contributed by atoms with E-state index in [1.807, 2.05) is 30.3 Å². The van der Waals surface area contributed by atoms with Crippen LogP contribution in [0.3, 0.4) is 0 Å². The first-order chi connectivity index (χ1) is 8.56. The van der Waals surface area contributed by atoms with Crippen molar-refractivity contribution in [1.82, 2.24) is 5.32 Å². The van der Waals surface area contributed by atoms with Crippen LogP contribution in [0.4, 0.5) is 0 Å². The summed E-state index contributed by atoms with van der Waals surface area (Å²) in [6.45, 7) is 2.78. The molecule has 96 valence electrons. The van der Waals surface area contributed by atoms with Gasteiger partial charge >= 0.3 is 0 Å². The lowest BCUT2D eigenvalue weighted by atomic mass is 10.1. The molecule has 0 saturated heterocycles. The van der Waals surface area contributed by atoms with Crippen molar-refractivity contribution >= 4 is 43.5 Å². The Hall–Kier alpha value is -0.290. The molecule has 18 heavy (non-hydrogen) atoms. The van der Waals surface area contributed by atoms with E-state index in [-0.39, 0.29) is 6.04 Å². The van der Waals surface area contributed by atoms with Gasteiger partial charge < -0.3 is 9.73 Å². The molecule has 1 aromatic heterocycles. The van der Waals surface area contributed by atoms with E-state index in [0.29, 0.717) is 6.54 Å². The Morgan fingerprint density at radius 2 is 1.94 bits per heavy atom. The lowest BCUT2D eigenvalue weighted by Gasteiger charge is -2.13. The first kappa shape index (κ1) is 14.1. The molecule has 0 bridgehead atoms. The molecule has 0 aliphatic heterocycles. The highest BCUT2D eigenvalue weighted by molar-refractivity contribution is 9.13. The average Bonchev–Trinajstić information content (AvgIpc) is 2.67. The lowest BCUT2D eigenvalue weighted by Crippen LogP contribution is -2.17. The SMILES string of the molecule is C[C@@H](NCc1cc(Br)c(Br)o1)c1ccc(Cl)cc1. The maximum atomic E-state index is 5.86. The molecule has 2 aromatic rings. The molecule has 2 rings (SSSR count). The van der Waals surface area contributed by atoms with Crippen molar-refractivity contribution in [2.75, 3.05) is 0 Å². The molecule has 2 nitrogen and oxygen atoms in total. The monoisotopic (exact) mass is 391 g/mol. The molecule has 0 amide bonds. The third kappa shape index (κ3) is 3.60. The van der Waals surface area contributed by atoms with Crippen molar-refractivity contribution in [3.63, 3.8) is 0 Å². The molecular weight excluding hydrogens is 381 g/mol. The number of benzene rings is 1. The minimum atomic E-state index is 0.241. The predicted octanol–water partition coefficient (Wildman–Crippen LogP) is 5.31. The number of rotatable bonds is 4. The van der Waals surface area contributed by atoms with E-state index in [2.05, 4.69) is 44.1 Å². The molecule has 5 heteroatoms. The summed E-state index contributed by atoms with van der Waals surface area (Å²) in [5.74, 6) is 0.884. The molecule has 0 saturated carbocycles. The highest BCUT2D eigenvalue weighted by Gasteiger charge is 2.09. The van der Waals surface area contributed by atoms with E-state index in [1.165, 1.54) is 5.56 Å². The zero-order chi connectivity index (χ0) is 13.1. The van der Waals surface area contributed by atoms with Crippen LogP contribution in [0.25, 0.3) is 0 Å². The predicted molar refractivity (Wildman–Crippen MR) is 80.8 cm³/mol. The Labute approximate surface area is 128 Å². The van der Waals surface area contributed by atoms with Gasteiger partial charge in [-0.05, 0) is 62.5 Å². The van der Waals surface area contributed by atoms with Crippen LogP contribution < -0.4 is 5.32 Å². The Morgan fingerprint density at radius 1 is 1.28 bits per heavy atom. The summed E-state index contributed by atoms with van der Waals surface area (Å²) >= 11 is 12.6. The first-order valence-corrected chi connectivity index (χ1v) is 7.45. The molecule has 1 heterocycles. The average molecular weight is 394 g/mol. The van der Waals surface area contributed by atoms with Crippen molar-refractivity contribution in [2.45, 2.75) is 19.5 Å². The van der Waals surface area contributed by atoms with Gasteiger partial charge in [-0.3, -0.25) is 0 Å². The van der Waals surface area contributed by atoms with Gasteiger partial charge in [0.1, 0.15) is 5.76 Å². The quantitative estimate of drug-likeness (QED) is 0.762. The fraction of sp³-hybridized carbons (Fsp3) is 0.231. The Kier molecular flexibility index (Phi) is 4.90. The summed E-state index contributed by atoms with van der Waals surface area (Å²) in [5, 5.41) is 4.15. The standard InChI is InChI=1S/C13H12Br2ClNO/c1-8(9-2-4-10(16)5-3-9)17-7-11-6-12(14)13(15)18-11/h2-6,8,17H,7H2,1H3/t8-/m1/s1. The van der Waals surface area contributed by atoms with E-state index in [9.17, 15) is 0 Å². The van der Waals surface area contributed by atoms with Gasteiger partial charge in [-0.1, -0.05) is 23.7 Å². The minimum absolute atomic E-state index is 0.241. The van der Waals surface area contributed by atoms with Gasteiger partial charge in [0.15, 0.2) is 4.67 Å². The van der Waals surface area contributed by atoms with Gasteiger partial charge in [0, 0.05) is 11.1 Å². The van der Waals surface area contributed by atoms with E-state index in [0.717, 1.165) is 19.9 Å². The number of hydrogen-bond acceptors (Lipinski definition) is 2. The van der Waals surface area contributed by atoms with Crippen LogP contribution in [-0.4, -0.2) is 0 Å². The van der Waals surface area contributed by atoms with E-state index in [4.69, 9.17) is 16.0 Å². The summed E-state index contributed by atoms with van der Waals surface area (Å²) in [5.41, 5.74) is 1.20. The van der Waals surface area contributed by atoms with Crippen LogP contribution in [0, 0.1) is 0 Å². The van der Waals surface area contributed by atoms with E-state index < -0.39 is 0 Å². The maximum absolute atomic E-state index is 5.86. The minimum Gasteiger partial charge on any atom is -0.452 e. The molecule has 0 fully saturated rings. The Morgan fingerprint density at radius 3 is 2.50 bits per heavy atom. The maximum Gasteiger partial charge on any atom is 0.183 e. The van der Waals surface area contributed by atoms with Gasteiger partial charge in [0.25, 0.3) is 0 Å². The topological polar surface area (TPSA) is 25.2 Å². The third-order valence-electron chi connectivity index (χ3n) is 2.65. The number of nitrogens with one attached hydrogen (secondary N) is 1. The first-order valence-electron chi connectivity index (χ1n) is 5.49. The zero-order valence-electron chi connectivity index (χ0n) is 9.71. The van der Waals surface area contributed by atoms with Crippen LogP contribution in [-0.2, 0) is 6.54 Å². The van der Waals surface area contributed by atoms with Crippen molar-refractivity contribution in [3.8, 4) is 0 Å². The molecular formula is C13H12Br2ClNO. The van der Waals surface area contributed by atoms with Gasteiger partial charge in [-0.2, -0.15) is 0 Å². The van der Waals surface area contributed by atoms with Gasteiger partial charge in [0.05, 0.1) is 11.0 Å². The molecule has 1 aromatic carbocycles. The smallest absolute Gasteiger partial charge is 0.183 e. The second kappa shape index (κ2) is 6.24. The van der Waals surface area contributed by atoms with Crippen molar-refractivity contribution in [2.24, 2.45) is 0 Å². The Balaban J connectivity index is 1.95. The normalized spacial score (nSPS) is 12.7. The molecule has 0 radical (unpaired) electrons. The number of halogens is 3. The van der Waals surface area contributed by atoms with Crippen molar-refractivity contribution in [1.29, 1.82) is 0 Å². The molecule has 1 atom stereocenters. The summed E-state index contributed by atoms with van der Waals surface area (Å²) in [6.07, 6.45) is 0. The zero-order valence-corrected chi connectivity index (χ0v) is 13.6. The summed E-state index contributed by atoms with van der Waals surface area (Å²) in [4.78, 5) is 0. The summed E-state index contributed by atoms with van der Waals surface area (Å²) in [6, 6.07) is 10.0. The fourth-order valence-electron chi connectivity index (χ4n) is 1.60.